The Balaban J connectivity index is 1.37. The van der Waals surface area contributed by atoms with Crippen LogP contribution in [-0.2, 0) is 6.54 Å². The minimum atomic E-state index is 0.402. The highest BCUT2D eigenvalue weighted by Gasteiger charge is 2.29. The van der Waals surface area contributed by atoms with Crippen LogP contribution in [0.25, 0.3) is 17.2 Å². The molecule has 3 aromatic rings. The van der Waals surface area contributed by atoms with Gasteiger partial charge in [-0.05, 0) is 36.8 Å². The maximum atomic E-state index is 9.09. The van der Waals surface area contributed by atoms with Gasteiger partial charge in [0.25, 0.3) is 0 Å². The first-order chi connectivity index (χ1) is 14.8. The predicted molar refractivity (Wildman–Crippen MR) is 109 cm³/mol. The first kappa shape index (κ1) is 17.9. The second-order valence-corrected chi connectivity index (χ2v) is 6.91. The van der Waals surface area contributed by atoms with Crippen molar-refractivity contribution in [2.24, 2.45) is 4.99 Å². The second kappa shape index (κ2) is 7.66. The van der Waals surface area contributed by atoms with Crippen molar-refractivity contribution in [3.05, 3.63) is 77.7 Å². The number of hydrogen-bond acceptors (Lipinski definition) is 8. The molecule has 2 aliphatic heterocycles. The summed E-state index contributed by atoms with van der Waals surface area (Å²) in [5.74, 6) is 1.75. The van der Waals surface area contributed by atoms with Crippen LogP contribution in [-0.4, -0.2) is 44.0 Å². The molecule has 8 heteroatoms. The van der Waals surface area contributed by atoms with Gasteiger partial charge in [0.15, 0.2) is 0 Å². The number of fused-ring (bicyclic) bond motifs is 1. The zero-order chi connectivity index (χ0) is 20.3. The van der Waals surface area contributed by atoms with Crippen LogP contribution in [0.3, 0.4) is 0 Å². The fourth-order valence-corrected chi connectivity index (χ4v) is 3.60. The van der Waals surface area contributed by atoms with E-state index in [1.54, 1.807) is 36.8 Å². The van der Waals surface area contributed by atoms with E-state index in [1.807, 2.05) is 18.2 Å². The SMILES string of the molecule is N#Cc1cccc(-c2nnc(CN3CCCN4C(c5ccncc5)=C=CN=C34)o2)c1. The molecule has 0 N–H and O–H groups in total. The average molecular weight is 395 g/mol. The van der Waals surface area contributed by atoms with Crippen LogP contribution in [0.15, 0.2) is 70.1 Å². The summed E-state index contributed by atoms with van der Waals surface area (Å²) in [6.45, 7) is 2.16. The van der Waals surface area contributed by atoms with Crippen LogP contribution in [0.1, 0.15) is 23.4 Å². The van der Waals surface area contributed by atoms with Crippen LogP contribution in [0.2, 0.25) is 0 Å². The van der Waals surface area contributed by atoms with Crippen molar-refractivity contribution in [1.82, 2.24) is 25.0 Å². The van der Waals surface area contributed by atoms with E-state index in [1.165, 1.54) is 0 Å². The van der Waals surface area contributed by atoms with Gasteiger partial charge in [0, 0.05) is 36.6 Å². The molecule has 0 atom stereocenters. The lowest BCUT2D eigenvalue weighted by atomic mass is 10.1. The third-order valence-electron chi connectivity index (χ3n) is 4.97. The zero-order valence-electron chi connectivity index (χ0n) is 16.1. The maximum Gasteiger partial charge on any atom is 0.247 e. The number of pyridine rings is 1. The van der Waals surface area contributed by atoms with E-state index in [2.05, 4.69) is 41.8 Å². The van der Waals surface area contributed by atoms with Crippen molar-refractivity contribution in [2.45, 2.75) is 13.0 Å². The Morgan fingerprint density at radius 2 is 2.00 bits per heavy atom. The van der Waals surface area contributed by atoms with Gasteiger partial charge in [0.05, 0.1) is 30.1 Å². The number of aliphatic imine (C=N–C) groups is 1. The fraction of sp³-hybridized carbons (Fsp3) is 0.182. The van der Waals surface area contributed by atoms with E-state index < -0.39 is 0 Å². The number of nitrogens with zero attached hydrogens (tertiary/aromatic N) is 7. The van der Waals surface area contributed by atoms with Crippen molar-refractivity contribution in [2.75, 3.05) is 13.1 Å². The van der Waals surface area contributed by atoms with Crippen molar-refractivity contribution in [3.63, 3.8) is 0 Å². The molecule has 4 heterocycles. The molecule has 0 bridgehead atoms. The molecule has 8 nitrogen and oxygen atoms in total. The third-order valence-corrected chi connectivity index (χ3v) is 4.97. The molecule has 2 aromatic heterocycles. The number of aromatic nitrogens is 3. The van der Waals surface area contributed by atoms with E-state index in [4.69, 9.17) is 9.68 Å². The standard InChI is InChI=1S/C22H17N7O/c23-14-16-3-1-4-18(13-16)21-27-26-20(30-21)15-28-11-2-12-29-19(7-10-25-22(28)29)17-5-8-24-9-6-17/h1,3-6,8-10,13H,2,11-12,15H2. The number of hydrogen-bond donors (Lipinski definition) is 0. The van der Waals surface area contributed by atoms with Crippen molar-refractivity contribution in [3.8, 4) is 17.5 Å². The Hall–Kier alpha value is -4.21. The van der Waals surface area contributed by atoms with Crippen molar-refractivity contribution < 1.29 is 4.42 Å². The number of nitriles is 1. The Morgan fingerprint density at radius 1 is 1.10 bits per heavy atom. The Kier molecular flexibility index (Phi) is 4.56. The van der Waals surface area contributed by atoms with Gasteiger partial charge in [-0.2, -0.15) is 5.26 Å². The van der Waals surface area contributed by atoms with Crippen molar-refractivity contribution >= 4 is 11.7 Å². The molecule has 1 fully saturated rings. The van der Waals surface area contributed by atoms with Gasteiger partial charge in [-0.25, -0.2) is 4.99 Å². The van der Waals surface area contributed by atoms with Gasteiger partial charge in [-0.1, -0.05) is 11.8 Å². The lowest BCUT2D eigenvalue weighted by Gasteiger charge is -2.39. The van der Waals surface area contributed by atoms with Crippen LogP contribution in [0, 0.1) is 11.3 Å². The first-order valence-electron chi connectivity index (χ1n) is 9.60. The molecule has 0 aliphatic carbocycles. The first-order valence-corrected chi connectivity index (χ1v) is 9.60. The van der Waals surface area contributed by atoms with Crippen LogP contribution in [0.4, 0.5) is 0 Å². The predicted octanol–water partition coefficient (Wildman–Crippen LogP) is 3.03. The summed E-state index contributed by atoms with van der Waals surface area (Å²) in [4.78, 5) is 12.9. The monoisotopic (exact) mass is 395 g/mol. The molecule has 5 rings (SSSR count). The highest BCUT2D eigenvalue weighted by molar-refractivity contribution is 5.91. The minimum absolute atomic E-state index is 0.402. The lowest BCUT2D eigenvalue weighted by molar-refractivity contribution is 0.276. The van der Waals surface area contributed by atoms with Crippen molar-refractivity contribution in [1.29, 1.82) is 5.26 Å². The third kappa shape index (κ3) is 3.34. The molecular weight excluding hydrogens is 378 g/mol. The second-order valence-electron chi connectivity index (χ2n) is 6.91. The smallest absolute Gasteiger partial charge is 0.247 e. The van der Waals surface area contributed by atoms with Gasteiger partial charge < -0.3 is 14.2 Å². The van der Waals surface area contributed by atoms with Gasteiger partial charge in [0.2, 0.25) is 17.7 Å². The van der Waals surface area contributed by atoms with Gasteiger partial charge in [-0.15, -0.1) is 10.2 Å². The van der Waals surface area contributed by atoms with E-state index >= 15 is 0 Å². The van der Waals surface area contributed by atoms with Crippen LogP contribution < -0.4 is 0 Å². The van der Waals surface area contributed by atoms with Gasteiger partial charge in [0.1, 0.15) is 0 Å². The molecule has 1 aromatic carbocycles. The number of rotatable bonds is 4. The minimum Gasteiger partial charge on any atom is -0.419 e. The molecule has 1 saturated heterocycles. The Labute approximate surface area is 173 Å². The highest BCUT2D eigenvalue weighted by Crippen LogP contribution is 2.26. The number of benzene rings is 1. The largest absolute Gasteiger partial charge is 0.419 e. The van der Waals surface area contributed by atoms with E-state index in [-0.39, 0.29) is 0 Å². The summed E-state index contributed by atoms with van der Waals surface area (Å²) in [6.07, 6.45) is 6.23. The van der Waals surface area contributed by atoms with Crippen LogP contribution >= 0.6 is 0 Å². The zero-order valence-corrected chi connectivity index (χ0v) is 16.1. The van der Waals surface area contributed by atoms with Gasteiger partial charge >= 0.3 is 0 Å². The molecule has 146 valence electrons. The molecule has 0 radical (unpaired) electrons. The summed E-state index contributed by atoms with van der Waals surface area (Å²) < 4.78 is 5.88. The molecule has 0 amide bonds. The van der Waals surface area contributed by atoms with Gasteiger partial charge in [-0.3, -0.25) is 4.98 Å². The summed E-state index contributed by atoms with van der Waals surface area (Å²) in [7, 11) is 0. The van der Waals surface area contributed by atoms with E-state index in [0.29, 0.717) is 23.9 Å². The highest BCUT2D eigenvalue weighted by atomic mass is 16.4. The average Bonchev–Trinajstić information content (AvgIpc) is 3.28. The molecular formula is C22H17N7O. The fourth-order valence-electron chi connectivity index (χ4n) is 3.60. The summed E-state index contributed by atoms with van der Waals surface area (Å²) in [6, 6.07) is 13.2. The Bertz CT molecular complexity index is 1220. The topological polar surface area (TPSA) is 94.4 Å². The quantitative estimate of drug-likeness (QED) is 0.627. The molecule has 2 aliphatic rings. The molecule has 0 spiro atoms. The lowest BCUT2D eigenvalue weighted by Crippen LogP contribution is -2.49. The summed E-state index contributed by atoms with van der Waals surface area (Å²) >= 11 is 0. The van der Waals surface area contributed by atoms with E-state index in [9.17, 15) is 0 Å². The summed E-state index contributed by atoms with van der Waals surface area (Å²) in [5.41, 5.74) is 6.56. The molecule has 0 saturated carbocycles. The molecule has 30 heavy (non-hydrogen) atoms. The Morgan fingerprint density at radius 3 is 2.87 bits per heavy atom. The maximum absolute atomic E-state index is 9.09. The van der Waals surface area contributed by atoms with E-state index in [0.717, 1.165) is 42.3 Å². The summed E-state index contributed by atoms with van der Waals surface area (Å²) in [5, 5.41) is 17.4. The normalized spacial score (nSPS) is 15.3. The van der Waals surface area contributed by atoms with Crippen LogP contribution in [0.5, 0.6) is 0 Å². The number of guanidine groups is 1. The molecule has 0 unspecified atom stereocenters.